The number of aryl methyl sites for hydroxylation is 1. The number of hydrogen-bond donors (Lipinski definition) is 1. The first-order valence-corrected chi connectivity index (χ1v) is 10.1. The van der Waals surface area contributed by atoms with Crippen molar-refractivity contribution in [2.75, 3.05) is 33.2 Å². The van der Waals surface area contributed by atoms with Crippen LogP contribution in [0.2, 0.25) is 0 Å². The molecule has 1 saturated heterocycles. The molecule has 0 aliphatic carbocycles. The van der Waals surface area contributed by atoms with E-state index in [1.54, 1.807) is 7.05 Å². The molecule has 1 aliphatic heterocycles. The minimum atomic E-state index is -4.20. The molecule has 3 rings (SSSR count). The van der Waals surface area contributed by atoms with Gasteiger partial charge in [-0.2, -0.15) is 18.3 Å². The first-order chi connectivity index (χ1) is 14.2. The number of para-hydroxylation sites is 1. The molecule has 2 aromatic rings. The molecule has 0 saturated carbocycles. The predicted molar refractivity (Wildman–Crippen MR) is 127 cm³/mol. The molecule has 1 unspecified atom stereocenters. The lowest BCUT2D eigenvalue weighted by molar-refractivity contribution is -0.181. The summed E-state index contributed by atoms with van der Waals surface area (Å²) in [4.78, 5) is 7.81. The minimum absolute atomic E-state index is 0. The van der Waals surface area contributed by atoms with E-state index in [1.165, 1.54) is 11.8 Å². The standard InChI is InChI=1S/C21H29F3N6.HI/c1-15-19(16(2)30(27-15)18-8-6-5-7-9-18)14-26-20(25-4)29-12-10-28(11-13-29)17(3)21(22,23)24;/h5-9,17H,10-14H2,1-4H3,(H,25,26);1H. The third-order valence-corrected chi connectivity index (χ3v) is 5.71. The summed E-state index contributed by atoms with van der Waals surface area (Å²) in [7, 11) is 1.69. The number of piperazine rings is 1. The number of halogens is 4. The van der Waals surface area contributed by atoms with Crippen LogP contribution in [0.3, 0.4) is 0 Å². The fourth-order valence-corrected chi connectivity index (χ4v) is 3.78. The summed E-state index contributed by atoms with van der Waals surface area (Å²) in [5.41, 5.74) is 4.07. The Hall–Kier alpha value is -1.82. The number of guanidine groups is 1. The largest absolute Gasteiger partial charge is 0.403 e. The normalized spacial score (nSPS) is 16.7. The highest BCUT2D eigenvalue weighted by Crippen LogP contribution is 2.25. The Morgan fingerprint density at radius 3 is 2.29 bits per heavy atom. The fourth-order valence-electron chi connectivity index (χ4n) is 3.78. The van der Waals surface area contributed by atoms with Gasteiger partial charge in [0.2, 0.25) is 0 Å². The molecule has 172 valence electrons. The van der Waals surface area contributed by atoms with E-state index in [0.717, 1.165) is 22.6 Å². The molecule has 31 heavy (non-hydrogen) atoms. The van der Waals surface area contributed by atoms with Gasteiger partial charge in [-0.05, 0) is 32.9 Å². The van der Waals surface area contributed by atoms with Crippen LogP contribution in [0.1, 0.15) is 23.9 Å². The van der Waals surface area contributed by atoms with Crippen LogP contribution >= 0.6 is 24.0 Å². The molecule has 0 radical (unpaired) electrons. The SMILES string of the molecule is CN=C(NCc1c(C)nn(-c2ccccc2)c1C)N1CCN(C(C)C(F)(F)F)CC1.I. The Morgan fingerprint density at radius 1 is 1.13 bits per heavy atom. The molecule has 1 aliphatic rings. The summed E-state index contributed by atoms with van der Waals surface area (Å²) >= 11 is 0. The van der Waals surface area contributed by atoms with Gasteiger partial charge in [0, 0.05) is 51.0 Å². The fraction of sp³-hybridized carbons (Fsp3) is 0.524. The second kappa shape index (κ2) is 10.7. The second-order valence-corrected chi connectivity index (χ2v) is 7.54. The van der Waals surface area contributed by atoms with Crippen LogP contribution in [-0.2, 0) is 6.54 Å². The summed E-state index contributed by atoms with van der Waals surface area (Å²) in [6.45, 7) is 7.49. The summed E-state index contributed by atoms with van der Waals surface area (Å²) in [5, 5.41) is 8.02. The maximum absolute atomic E-state index is 13.0. The molecule has 2 heterocycles. The van der Waals surface area contributed by atoms with Crippen LogP contribution in [0.15, 0.2) is 35.3 Å². The molecule has 1 fully saturated rings. The van der Waals surface area contributed by atoms with Crippen LogP contribution in [-0.4, -0.2) is 71.0 Å². The van der Waals surface area contributed by atoms with E-state index in [9.17, 15) is 13.2 Å². The number of alkyl halides is 3. The third-order valence-electron chi connectivity index (χ3n) is 5.71. The molecule has 1 N–H and O–H groups in total. The Kier molecular flexibility index (Phi) is 8.75. The zero-order chi connectivity index (χ0) is 21.9. The maximum Gasteiger partial charge on any atom is 0.403 e. The van der Waals surface area contributed by atoms with Gasteiger partial charge in [-0.1, -0.05) is 18.2 Å². The van der Waals surface area contributed by atoms with Crippen molar-refractivity contribution in [1.82, 2.24) is 24.9 Å². The summed E-state index contributed by atoms with van der Waals surface area (Å²) < 4.78 is 40.8. The minimum Gasteiger partial charge on any atom is -0.352 e. The van der Waals surface area contributed by atoms with E-state index >= 15 is 0 Å². The van der Waals surface area contributed by atoms with Crippen molar-refractivity contribution >= 4 is 29.9 Å². The van der Waals surface area contributed by atoms with Crippen molar-refractivity contribution in [1.29, 1.82) is 0 Å². The molecule has 10 heteroatoms. The third kappa shape index (κ3) is 5.91. The monoisotopic (exact) mass is 550 g/mol. The van der Waals surface area contributed by atoms with E-state index in [4.69, 9.17) is 0 Å². The first kappa shape index (κ1) is 25.4. The molecule has 0 spiro atoms. The van der Waals surface area contributed by atoms with Gasteiger partial charge in [-0.15, -0.1) is 24.0 Å². The number of nitrogens with zero attached hydrogens (tertiary/aromatic N) is 5. The highest BCUT2D eigenvalue weighted by atomic mass is 127. The number of benzene rings is 1. The van der Waals surface area contributed by atoms with Crippen molar-refractivity contribution in [3.05, 3.63) is 47.3 Å². The number of nitrogens with one attached hydrogen (secondary N) is 1. The van der Waals surface area contributed by atoms with Gasteiger partial charge in [0.15, 0.2) is 5.96 Å². The van der Waals surface area contributed by atoms with Crippen molar-refractivity contribution < 1.29 is 13.2 Å². The number of rotatable bonds is 4. The average molecular weight is 550 g/mol. The lowest BCUT2D eigenvalue weighted by Crippen LogP contribution is -2.56. The highest BCUT2D eigenvalue weighted by molar-refractivity contribution is 14.0. The van der Waals surface area contributed by atoms with Gasteiger partial charge < -0.3 is 10.2 Å². The van der Waals surface area contributed by atoms with Crippen LogP contribution in [0.25, 0.3) is 5.69 Å². The lowest BCUT2D eigenvalue weighted by atomic mass is 10.2. The maximum atomic E-state index is 13.0. The average Bonchev–Trinajstić information content (AvgIpc) is 3.02. The molecular weight excluding hydrogens is 520 g/mol. The van der Waals surface area contributed by atoms with Crippen molar-refractivity contribution in [3.63, 3.8) is 0 Å². The van der Waals surface area contributed by atoms with E-state index in [2.05, 4.69) is 15.4 Å². The Morgan fingerprint density at radius 2 is 1.74 bits per heavy atom. The second-order valence-electron chi connectivity index (χ2n) is 7.54. The summed E-state index contributed by atoms with van der Waals surface area (Å²) in [5.74, 6) is 0.695. The van der Waals surface area contributed by atoms with Gasteiger partial charge >= 0.3 is 6.18 Å². The van der Waals surface area contributed by atoms with Gasteiger partial charge in [-0.25, -0.2) is 4.68 Å². The van der Waals surface area contributed by atoms with Crippen LogP contribution in [0.5, 0.6) is 0 Å². The molecule has 0 bridgehead atoms. The highest BCUT2D eigenvalue weighted by Gasteiger charge is 2.41. The quantitative estimate of drug-likeness (QED) is 0.358. The molecular formula is C21H30F3IN6. The number of hydrogen-bond acceptors (Lipinski definition) is 3. The molecule has 1 aromatic carbocycles. The van der Waals surface area contributed by atoms with E-state index < -0.39 is 12.2 Å². The van der Waals surface area contributed by atoms with Gasteiger partial charge in [-0.3, -0.25) is 9.89 Å². The number of aliphatic imine (C=N–C) groups is 1. The topological polar surface area (TPSA) is 48.7 Å². The van der Waals surface area contributed by atoms with E-state index in [0.29, 0.717) is 38.7 Å². The molecule has 6 nitrogen and oxygen atoms in total. The summed E-state index contributed by atoms with van der Waals surface area (Å²) in [6.07, 6.45) is -4.20. The van der Waals surface area contributed by atoms with Gasteiger partial charge in [0.25, 0.3) is 0 Å². The zero-order valence-corrected chi connectivity index (χ0v) is 20.6. The molecule has 0 amide bonds. The van der Waals surface area contributed by atoms with E-state index in [1.807, 2.05) is 53.8 Å². The lowest BCUT2D eigenvalue weighted by Gasteiger charge is -2.39. The zero-order valence-electron chi connectivity index (χ0n) is 18.3. The Balaban J connectivity index is 0.00000341. The van der Waals surface area contributed by atoms with Crippen molar-refractivity contribution in [3.8, 4) is 5.69 Å². The molecule has 1 aromatic heterocycles. The number of aromatic nitrogens is 2. The van der Waals surface area contributed by atoms with E-state index in [-0.39, 0.29) is 24.0 Å². The van der Waals surface area contributed by atoms with Crippen LogP contribution in [0.4, 0.5) is 13.2 Å². The Labute approximate surface area is 198 Å². The van der Waals surface area contributed by atoms with Gasteiger partial charge in [0.05, 0.1) is 11.4 Å². The van der Waals surface area contributed by atoms with Gasteiger partial charge in [0.1, 0.15) is 6.04 Å². The van der Waals surface area contributed by atoms with Crippen LogP contribution < -0.4 is 5.32 Å². The predicted octanol–water partition coefficient (Wildman–Crippen LogP) is 3.75. The van der Waals surface area contributed by atoms with Crippen molar-refractivity contribution in [2.45, 2.75) is 39.5 Å². The Bertz CT molecular complexity index is 873. The van der Waals surface area contributed by atoms with Crippen molar-refractivity contribution in [2.24, 2.45) is 4.99 Å². The first-order valence-electron chi connectivity index (χ1n) is 10.1. The van der Waals surface area contributed by atoms with Crippen LogP contribution in [0, 0.1) is 13.8 Å². The molecule has 1 atom stereocenters. The summed E-state index contributed by atoms with van der Waals surface area (Å²) in [6, 6.07) is 8.52. The smallest absolute Gasteiger partial charge is 0.352 e.